The molecule has 0 bridgehead atoms. The first-order chi connectivity index (χ1) is 12.2. The van der Waals surface area contributed by atoms with E-state index in [4.69, 9.17) is 0 Å². The third-order valence-corrected chi connectivity index (χ3v) is 5.35. The second-order valence-corrected chi connectivity index (χ2v) is 6.90. The third kappa shape index (κ3) is 2.24. The van der Waals surface area contributed by atoms with Gasteiger partial charge in [0.2, 0.25) is 0 Å². The van der Waals surface area contributed by atoms with E-state index in [0.717, 1.165) is 0 Å². The highest BCUT2D eigenvalue weighted by atomic mass is 14.7. The van der Waals surface area contributed by atoms with E-state index >= 15 is 0 Å². The molecule has 1 nitrogen and oxygen atoms in total. The first-order valence-corrected chi connectivity index (χ1v) is 8.71. The fraction of sp³-hybridized carbons (Fsp3) is 0.0833. The zero-order chi connectivity index (χ0) is 17.0. The zero-order valence-corrected chi connectivity index (χ0v) is 14.4. The summed E-state index contributed by atoms with van der Waals surface area (Å²) in [7, 11) is 0. The van der Waals surface area contributed by atoms with E-state index in [-0.39, 0.29) is 0 Å². The normalized spacial score (nSPS) is 11.6. The summed E-state index contributed by atoms with van der Waals surface area (Å²) in [5, 5.41) is 6.46. The fourth-order valence-electron chi connectivity index (χ4n) is 3.76. The molecule has 0 aliphatic carbocycles. The van der Waals surface area contributed by atoms with Crippen molar-refractivity contribution in [1.82, 2.24) is 4.98 Å². The van der Waals surface area contributed by atoms with Crippen LogP contribution in [-0.4, -0.2) is 4.98 Å². The predicted molar refractivity (Wildman–Crippen MR) is 108 cm³/mol. The summed E-state index contributed by atoms with van der Waals surface area (Å²) < 4.78 is 0. The van der Waals surface area contributed by atoms with Gasteiger partial charge >= 0.3 is 0 Å². The van der Waals surface area contributed by atoms with E-state index in [1.54, 1.807) is 0 Å². The summed E-state index contributed by atoms with van der Waals surface area (Å²) in [5.74, 6) is 0. The molecular formula is C24H19N. The Kier molecular flexibility index (Phi) is 2.98. The van der Waals surface area contributed by atoms with Crippen LogP contribution in [0.3, 0.4) is 0 Å². The Morgan fingerprint density at radius 1 is 0.600 bits per heavy atom. The first-order valence-electron chi connectivity index (χ1n) is 8.71. The fourth-order valence-corrected chi connectivity index (χ4v) is 3.76. The number of aryl methyl sites for hydroxylation is 2. The number of aromatic amines is 1. The molecule has 0 aliphatic rings. The molecule has 0 saturated heterocycles. The van der Waals surface area contributed by atoms with E-state index in [0.29, 0.717) is 0 Å². The molecule has 120 valence electrons. The Labute approximate surface area is 146 Å². The monoisotopic (exact) mass is 321 g/mol. The van der Waals surface area contributed by atoms with E-state index in [1.807, 2.05) is 0 Å². The second-order valence-electron chi connectivity index (χ2n) is 6.90. The van der Waals surface area contributed by atoms with Gasteiger partial charge < -0.3 is 4.98 Å². The molecule has 1 N–H and O–H groups in total. The van der Waals surface area contributed by atoms with Crippen LogP contribution in [-0.2, 0) is 0 Å². The smallest absolute Gasteiger partial charge is 0.0465 e. The highest BCUT2D eigenvalue weighted by Gasteiger charge is 2.07. The number of rotatable bonds is 1. The van der Waals surface area contributed by atoms with Crippen molar-refractivity contribution < 1.29 is 0 Å². The van der Waals surface area contributed by atoms with Crippen molar-refractivity contribution in [2.24, 2.45) is 0 Å². The van der Waals surface area contributed by atoms with Gasteiger partial charge in [0.1, 0.15) is 0 Å². The second kappa shape index (κ2) is 5.22. The maximum Gasteiger partial charge on any atom is 0.0465 e. The number of hydrogen-bond acceptors (Lipinski definition) is 0. The average Bonchev–Trinajstić information content (AvgIpc) is 2.92. The van der Waals surface area contributed by atoms with Crippen LogP contribution in [0.1, 0.15) is 11.3 Å². The molecule has 0 unspecified atom stereocenters. The maximum atomic E-state index is 3.49. The molecule has 5 rings (SSSR count). The van der Waals surface area contributed by atoms with Crippen molar-refractivity contribution in [3.63, 3.8) is 0 Å². The van der Waals surface area contributed by atoms with Gasteiger partial charge in [-0.2, -0.15) is 0 Å². The largest absolute Gasteiger partial charge is 0.358 e. The van der Waals surface area contributed by atoms with E-state index in [2.05, 4.69) is 91.6 Å². The lowest BCUT2D eigenvalue weighted by Crippen LogP contribution is -1.81. The van der Waals surface area contributed by atoms with Crippen molar-refractivity contribution in [3.8, 4) is 11.1 Å². The van der Waals surface area contributed by atoms with Crippen LogP contribution in [0.5, 0.6) is 0 Å². The molecule has 4 aromatic carbocycles. The quantitative estimate of drug-likeness (QED) is 0.351. The van der Waals surface area contributed by atoms with Crippen molar-refractivity contribution in [2.45, 2.75) is 13.8 Å². The Balaban J connectivity index is 1.72. The minimum atomic E-state index is 1.22. The van der Waals surface area contributed by atoms with Gasteiger partial charge in [-0.1, -0.05) is 48.5 Å². The molecule has 0 aliphatic heterocycles. The third-order valence-electron chi connectivity index (χ3n) is 5.35. The summed E-state index contributed by atoms with van der Waals surface area (Å²) >= 11 is 0. The predicted octanol–water partition coefficient (Wildman–Crippen LogP) is 6.76. The molecule has 25 heavy (non-hydrogen) atoms. The standard InChI is InChI=1S/C24H19N/c1-15-16(2)25-24-14-21-10-9-20(12-22(21)13-23(15)24)19-8-7-17-5-3-4-6-18(17)11-19/h3-14,25H,1-2H3. The summed E-state index contributed by atoms with van der Waals surface area (Å²) in [5.41, 5.74) is 6.35. The van der Waals surface area contributed by atoms with Crippen molar-refractivity contribution in [1.29, 1.82) is 0 Å². The summed E-state index contributed by atoms with van der Waals surface area (Å²) in [6, 6.07) is 26.6. The summed E-state index contributed by atoms with van der Waals surface area (Å²) in [6.45, 7) is 4.33. The number of hydrogen-bond donors (Lipinski definition) is 1. The van der Waals surface area contributed by atoms with Gasteiger partial charge in [-0.05, 0) is 76.3 Å². The molecule has 5 aromatic rings. The molecule has 0 fully saturated rings. The molecule has 0 radical (unpaired) electrons. The number of fused-ring (bicyclic) bond motifs is 3. The summed E-state index contributed by atoms with van der Waals surface area (Å²) in [4.78, 5) is 3.49. The molecule has 1 heteroatoms. The van der Waals surface area contributed by atoms with Gasteiger partial charge in [-0.15, -0.1) is 0 Å². The van der Waals surface area contributed by atoms with Crippen molar-refractivity contribution in [2.75, 3.05) is 0 Å². The lowest BCUT2D eigenvalue weighted by atomic mass is 9.97. The van der Waals surface area contributed by atoms with Crippen molar-refractivity contribution >= 4 is 32.4 Å². The molecule has 0 saturated carbocycles. The number of nitrogens with one attached hydrogen (secondary N) is 1. The van der Waals surface area contributed by atoms with Gasteiger partial charge in [0.05, 0.1) is 0 Å². The highest BCUT2D eigenvalue weighted by Crippen LogP contribution is 2.31. The van der Waals surface area contributed by atoms with Crippen LogP contribution < -0.4 is 0 Å². The Hall–Kier alpha value is -3.06. The van der Waals surface area contributed by atoms with Crippen LogP contribution in [0, 0.1) is 13.8 Å². The van der Waals surface area contributed by atoms with E-state index < -0.39 is 0 Å². The van der Waals surface area contributed by atoms with Gasteiger partial charge in [0.15, 0.2) is 0 Å². The topological polar surface area (TPSA) is 15.8 Å². The molecule has 1 heterocycles. The van der Waals surface area contributed by atoms with Gasteiger partial charge in [0, 0.05) is 16.6 Å². The van der Waals surface area contributed by atoms with Crippen molar-refractivity contribution in [3.05, 3.63) is 84.1 Å². The lowest BCUT2D eigenvalue weighted by Gasteiger charge is -2.07. The van der Waals surface area contributed by atoms with E-state index in [9.17, 15) is 0 Å². The van der Waals surface area contributed by atoms with Crippen LogP contribution >= 0.6 is 0 Å². The molecule has 0 atom stereocenters. The Bertz CT molecular complexity index is 1260. The summed E-state index contributed by atoms with van der Waals surface area (Å²) in [6.07, 6.45) is 0. The molecular weight excluding hydrogens is 302 g/mol. The maximum absolute atomic E-state index is 3.49. The Morgan fingerprint density at radius 2 is 1.24 bits per heavy atom. The number of benzene rings is 4. The number of H-pyrrole nitrogens is 1. The first kappa shape index (κ1) is 14.3. The Morgan fingerprint density at radius 3 is 2.04 bits per heavy atom. The molecule has 0 amide bonds. The van der Waals surface area contributed by atoms with Crippen LogP contribution in [0.2, 0.25) is 0 Å². The lowest BCUT2D eigenvalue weighted by molar-refractivity contribution is 1.25. The van der Waals surface area contributed by atoms with Crippen LogP contribution in [0.25, 0.3) is 43.6 Å². The SMILES string of the molecule is Cc1[nH]c2cc3ccc(-c4ccc5ccccc5c4)cc3cc2c1C. The van der Waals surface area contributed by atoms with Gasteiger partial charge in [0.25, 0.3) is 0 Å². The average molecular weight is 321 g/mol. The van der Waals surface area contributed by atoms with Gasteiger partial charge in [-0.3, -0.25) is 0 Å². The van der Waals surface area contributed by atoms with Gasteiger partial charge in [-0.25, -0.2) is 0 Å². The van der Waals surface area contributed by atoms with E-state index in [1.165, 1.54) is 54.8 Å². The molecule has 0 spiro atoms. The van der Waals surface area contributed by atoms with Crippen LogP contribution in [0.4, 0.5) is 0 Å². The van der Waals surface area contributed by atoms with Crippen LogP contribution in [0.15, 0.2) is 72.8 Å². The minimum Gasteiger partial charge on any atom is -0.358 e. The minimum absolute atomic E-state index is 1.22. The highest BCUT2D eigenvalue weighted by molar-refractivity contribution is 6.00. The zero-order valence-electron chi connectivity index (χ0n) is 14.4. The number of aromatic nitrogens is 1. The molecule has 1 aromatic heterocycles.